The third-order valence-corrected chi connectivity index (χ3v) is 6.47. The Morgan fingerprint density at radius 2 is 1.97 bits per heavy atom. The van der Waals surface area contributed by atoms with Gasteiger partial charge >= 0.3 is 0 Å². The molecule has 1 heterocycles. The molecule has 1 aromatic rings. The lowest BCUT2D eigenvalue weighted by Gasteiger charge is -2.37. The van der Waals surface area contributed by atoms with E-state index >= 15 is 0 Å². The van der Waals surface area contributed by atoms with E-state index < -0.39 is 5.60 Å². The summed E-state index contributed by atoms with van der Waals surface area (Å²) >= 11 is 6.47. The third kappa shape index (κ3) is 6.09. The lowest BCUT2D eigenvalue weighted by Crippen LogP contribution is -2.43. The van der Waals surface area contributed by atoms with Crippen LogP contribution in [-0.2, 0) is 16.0 Å². The maximum absolute atomic E-state index is 13.0. The fraction of sp³-hybridized carbons (Fsp3) is 0.696. The summed E-state index contributed by atoms with van der Waals surface area (Å²) < 4.78 is 11.2. The van der Waals surface area contributed by atoms with Crippen LogP contribution in [0.2, 0.25) is 5.02 Å². The van der Waals surface area contributed by atoms with Gasteiger partial charge in [-0.05, 0) is 77.0 Å². The Hall–Kier alpha value is -1.30. The SMILES string of the molecule is CC(C)OCCOc1ccc(CC2CCN(C3CCC(C)(O)CC3)C2=O)c(Cl)c1. The summed E-state index contributed by atoms with van der Waals surface area (Å²) in [5, 5.41) is 10.8. The van der Waals surface area contributed by atoms with Crippen molar-refractivity contribution in [3.05, 3.63) is 28.8 Å². The van der Waals surface area contributed by atoms with Crippen LogP contribution in [0.4, 0.5) is 0 Å². The van der Waals surface area contributed by atoms with Gasteiger partial charge in [-0.3, -0.25) is 4.79 Å². The molecule has 0 bridgehead atoms. The number of ether oxygens (including phenoxy) is 2. The first-order valence-corrected chi connectivity index (χ1v) is 11.2. The highest BCUT2D eigenvalue weighted by molar-refractivity contribution is 6.31. The Labute approximate surface area is 179 Å². The van der Waals surface area contributed by atoms with E-state index in [4.69, 9.17) is 21.1 Å². The monoisotopic (exact) mass is 423 g/mol. The summed E-state index contributed by atoms with van der Waals surface area (Å²) in [6.07, 6.45) is 5.03. The van der Waals surface area contributed by atoms with Crippen LogP contribution < -0.4 is 4.74 Å². The van der Waals surface area contributed by atoms with Crippen LogP contribution >= 0.6 is 11.6 Å². The molecule has 1 saturated heterocycles. The van der Waals surface area contributed by atoms with Gasteiger partial charge in [-0.25, -0.2) is 0 Å². The van der Waals surface area contributed by atoms with Crippen molar-refractivity contribution in [2.45, 2.75) is 77.0 Å². The van der Waals surface area contributed by atoms with E-state index in [2.05, 4.69) is 0 Å². The number of nitrogens with zero attached hydrogens (tertiary/aromatic N) is 1. The van der Waals surface area contributed by atoms with Gasteiger partial charge < -0.3 is 19.5 Å². The largest absolute Gasteiger partial charge is 0.491 e. The zero-order valence-electron chi connectivity index (χ0n) is 17.8. The van der Waals surface area contributed by atoms with E-state index in [9.17, 15) is 9.90 Å². The summed E-state index contributed by atoms with van der Waals surface area (Å²) in [7, 11) is 0. The average molecular weight is 424 g/mol. The molecule has 2 fully saturated rings. The second-order valence-electron chi connectivity index (χ2n) is 8.97. The summed E-state index contributed by atoms with van der Waals surface area (Å²) in [5.74, 6) is 0.944. The predicted octanol–water partition coefficient (Wildman–Crippen LogP) is 4.23. The molecule has 1 aliphatic heterocycles. The molecule has 0 spiro atoms. The Morgan fingerprint density at radius 3 is 2.62 bits per heavy atom. The van der Waals surface area contributed by atoms with Crippen LogP contribution in [0.15, 0.2) is 18.2 Å². The molecule has 1 saturated carbocycles. The highest BCUT2D eigenvalue weighted by Gasteiger charge is 2.39. The minimum absolute atomic E-state index is 0.0128. The number of carbonyl (C=O) groups excluding carboxylic acids is 1. The first-order chi connectivity index (χ1) is 13.7. The average Bonchev–Trinajstić information content (AvgIpc) is 3.01. The minimum atomic E-state index is -0.572. The van der Waals surface area contributed by atoms with Gasteiger partial charge in [-0.1, -0.05) is 17.7 Å². The Kier molecular flexibility index (Phi) is 7.47. The molecule has 1 aromatic carbocycles. The van der Waals surface area contributed by atoms with E-state index in [0.29, 0.717) is 24.7 Å². The Bertz CT molecular complexity index is 696. The molecule has 162 valence electrons. The zero-order chi connectivity index (χ0) is 21.0. The summed E-state index contributed by atoms with van der Waals surface area (Å²) in [5.41, 5.74) is 0.418. The molecule has 1 N–H and O–H groups in total. The van der Waals surface area contributed by atoms with Crippen molar-refractivity contribution in [3.63, 3.8) is 0 Å². The number of hydrogen-bond acceptors (Lipinski definition) is 4. The molecule has 5 nitrogen and oxygen atoms in total. The molecule has 0 radical (unpaired) electrons. The Balaban J connectivity index is 1.52. The Morgan fingerprint density at radius 1 is 1.24 bits per heavy atom. The molecule has 1 atom stereocenters. The van der Waals surface area contributed by atoms with Crippen LogP contribution in [0.1, 0.15) is 58.4 Å². The van der Waals surface area contributed by atoms with Crippen molar-refractivity contribution in [1.82, 2.24) is 4.90 Å². The van der Waals surface area contributed by atoms with Gasteiger partial charge in [0.25, 0.3) is 0 Å². The van der Waals surface area contributed by atoms with Gasteiger partial charge in [0.2, 0.25) is 5.91 Å². The first-order valence-electron chi connectivity index (χ1n) is 10.8. The molecule has 1 amide bonds. The number of likely N-dealkylation sites (tertiary alicyclic amines) is 1. The van der Waals surface area contributed by atoms with E-state index in [1.165, 1.54) is 0 Å². The van der Waals surface area contributed by atoms with E-state index in [-0.39, 0.29) is 24.0 Å². The number of halogens is 1. The number of hydrogen-bond donors (Lipinski definition) is 1. The van der Waals surface area contributed by atoms with Gasteiger partial charge in [-0.15, -0.1) is 0 Å². The quantitative estimate of drug-likeness (QED) is 0.635. The van der Waals surface area contributed by atoms with Crippen molar-refractivity contribution in [2.75, 3.05) is 19.8 Å². The van der Waals surface area contributed by atoms with Crippen molar-refractivity contribution in [2.24, 2.45) is 5.92 Å². The fourth-order valence-electron chi connectivity index (χ4n) is 4.34. The van der Waals surface area contributed by atoms with Gasteiger partial charge in [0.1, 0.15) is 12.4 Å². The third-order valence-electron chi connectivity index (χ3n) is 6.12. The van der Waals surface area contributed by atoms with Crippen LogP contribution in [-0.4, -0.2) is 53.4 Å². The van der Waals surface area contributed by atoms with Gasteiger partial charge in [0, 0.05) is 23.5 Å². The summed E-state index contributed by atoms with van der Waals surface area (Å²) in [6, 6.07) is 5.98. The molecule has 1 aliphatic carbocycles. The van der Waals surface area contributed by atoms with Gasteiger partial charge in [0.15, 0.2) is 0 Å². The van der Waals surface area contributed by atoms with E-state index in [1.807, 2.05) is 43.9 Å². The van der Waals surface area contributed by atoms with E-state index in [1.54, 1.807) is 0 Å². The molecular formula is C23H34ClNO4. The summed E-state index contributed by atoms with van der Waals surface area (Å²) in [6.45, 7) is 7.72. The lowest BCUT2D eigenvalue weighted by atomic mass is 9.83. The highest BCUT2D eigenvalue weighted by atomic mass is 35.5. The fourth-order valence-corrected chi connectivity index (χ4v) is 4.59. The van der Waals surface area contributed by atoms with Crippen LogP contribution in [0.3, 0.4) is 0 Å². The standard InChI is InChI=1S/C23H34ClNO4/c1-16(2)28-12-13-29-20-5-4-17(21(24)15-20)14-18-8-11-25(22(18)26)19-6-9-23(3,27)10-7-19/h4-5,15-16,18-19,27H,6-14H2,1-3H3. The normalized spacial score (nSPS) is 27.7. The molecule has 0 aromatic heterocycles. The maximum Gasteiger partial charge on any atom is 0.226 e. The minimum Gasteiger partial charge on any atom is -0.491 e. The van der Waals surface area contributed by atoms with Crippen molar-refractivity contribution in [3.8, 4) is 5.75 Å². The summed E-state index contributed by atoms with van der Waals surface area (Å²) in [4.78, 5) is 15.0. The number of benzene rings is 1. The second kappa shape index (κ2) is 9.67. The molecule has 6 heteroatoms. The molecule has 1 unspecified atom stereocenters. The van der Waals surface area contributed by atoms with Crippen LogP contribution in [0, 0.1) is 5.92 Å². The van der Waals surface area contributed by atoms with Gasteiger partial charge in [-0.2, -0.15) is 0 Å². The van der Waals surface area contributed by atoms with Crippen LogP contribution in [0.5, 0.6) is 5.75 Å². The topological polar surface area (TPSA) is 59.0 Å². The van der Waals surface area contributed by atoms with Crippen LogP contribution in [0.25, 0.3) is 0 Å². The molecule has 29 heavy (non-hydrogen) atoms. The highest BCUT2D eigenvalue weighted by Crippen LogP contribution is 2.35. The number of amides is 1. The molecular weight excluding hydrogens is 390 g/mol. The predicted molar refractivity (Wildman–Crippen MR) is 114 cm³/mol. The second-order valence-corrected chi connectivity index (χ2v) is 9.38. The molecule has 2 aliphatic rings. The first kappa shape index (κ1) is 22.4. The lowest BCUT2D eigenvalue weighted by molar-refractivity contribution is -0.134. The van der Waals surface area contributed by atoms with Crippen molar-refractivity contribution in [1.29, 1.82) is 0 Å². The van der Waals surface area contributed by atoms with E-state index in [0.717, 1.165) is 50.0 Å². The maximum atomic E-state index is 13.0. The molecule has 3 rings (SSSR count). The number of rotatable bonds is 8. The number of carbonyl (C=O) groups is 1. The van der Waals surface area contributed by atoms with Crippen molar-refractivity contribution >= 4 is 17.5 Å². The van der Waals surface area contributed by atoms with Gasteiger partial charge in [0.05, 0.1) is 18.3 Å². The smallest absolute Gasteiger partial charge is 0.226 e. The number of aliphatic hydroxyl groups is 1. The van der Waals surface area contributed by atoms with Crippen molar-refractivity contribution < 1.29 is 19.4 Å². The zero-order valence-corrected chi connectivity index (χ0v) is 18.6.